The lowest BCUT2D eigenvalue weighted by molar-refractivity contribution is 0.525. The van der Waals surface area contributed by atoms with Crippen LogP contribution in [-0.4, -0.2) is 6.04 Å². The van der Waals surface area contributed by atoms with E-state index in [0.29, 0.717) is 0 Å². The highest BCUT2D eigenvalue weighted by atomic mass is 31.0. The Balaban J connectivity index is 3.18. The second-order valence-electron chi connectivity index (χ2n) is 2.44. The first-order valence-electron chi connectivity index (χ1n) is 3.81. The summed E-state index contributed by atoms with van der Waals surface area (Å²) >= 11 is 0. The van der Waals surface area contributed by atoms with Crippen molar-refractivity contribution in [1.82, 2.24) is 5.09 Å². The maximum Gasteiger partial charge on any atom is 0.00986 e. The van der Waals surface area contributed by atoms with E-state index in [1.165, 1.54) is 25.7 Å². The largest absolute Gasteiger partial charge is 0.298 e. The molecule has 1 atom stereocenters. The molecule has 0 saturated heterocycles. The van der Waals surface area contributed by atoms with Crippen LogP contribution in [0.5, 0.6) is 0 Å². The smallest absolute Gasteiger partial charge is 0.00986 e. The van der Waals surface area contributed by atoms with Gasteiger partial charge >= 0.3 is 0 Å². The number of hydrogen-bond acceptors (Lipinski definition) is 1. The SMILES string of the molecule is CCCC(CCC)NP. The summed E-state index contributed by atoms with van der Waals surface area (Å²) in [5.41, 5.74) is 0. The van der Waals surface area contributed by atoms with E-state index < -0.39 is 0 Å². The van der Waals surface area contributed by atoms with Gasteiger partial charge < -0.3 is 0 Å². The van der Waals surface area contributed by atoms with E-state index in [9.17, 15) is 0 Å². The van der Waals surface area contributed by atoms with Gasteiger partial charge in [0.2, 0.25) is 0 Å². The molecule has 0 aromatic carbocycles. The minimum absolute atomic E-state index is 0.727. The molecule has 0 aliphatic rings. The zero-order chi connectivity index (χ0) is 7.11. The maximum atomic E-state index is 3.22. The third-order valence-electron chi connectivity index (χ3n) is 1.51. The highest BCUT2D eigenvalue weighted by Gasteiger charge is 2.00. The third kappa shape index (κ3) is 4.87. The first-order chi connectivity index (χ1) is 4.35. The van der Waals surface area contributed by atoms with Gasteiger partial charge in [0, 0.05) is 6.04 Å². The molecule has 0 heterocycles. The number of rotatable bonds is 5. The molecule has 56 valence electrons. The van der Waals surface area contributed by atoms with Crippen LogP contribution in [0.25, 0.3) is 0 Å². The molecule has 2 heteroatoms. The van der Waals surface area contributed by atoms with Crippen molar-refractivity contribution in [1.29, 1.82) is 0 Å². The zero-order valence-corrected chi connectivity index (χ0v) is 7.64. The van der Waals surface area contributed by atoms with Crippen molar-refractivity contribution in [3.63, 3.8) is 0 Å². The summed E-state index contributed by atoms with van der Waals surface area (Å²) < 4.78 is 0. The van der Waals surface area contributed by atoms with Gasteiger partial charge in [-0.2, -0.15) is 0 Å². The Morgan fingerprint density at radius 2 is 1.67 bits per heavy atom. The molecule has 0 amide bonds. The van der Waals surface area contributed by atoms with Crippen LogP contribution in [0, 0.1) is 0 Å². The topological polar surface area (TPSA) is 12.0 Å². The molecule has 1 nitrogen and oxygen atoms in total. The molecule has 0 saturated carbocycles. The Morgan fingerprint density at radius 3 is 1.89 bits per heavy atom. The fraction of sp³-hybridized carbons (Fsp3) is 1.00. The molecule has 0 bridgehead atoms. The van der Waals surface area contributed by atoms with Crippen molar-refractivity contribution < 1.29 is 0 Å². The molecule has 0 fully saturated rings. The van der Waals surface area contributed by atoms with Gasteiger partial charge in [-0.25, -0.2) is 0 Å². The van der Waals surface area contributed by atoms with E-state index in [1.807, 2.05) is 0 Å². The first-order valence-corrected chi connectivity index (χ1v) is 4.39. The monoisotopic (exact) mass is 147 g/mol. The Morgan fingerprint density at radius 1 is 1.22 bits per heavy atom. The summed E-state index contributed by atoms with van der Waals surface area (Å²) in [4.78, 5) is 0. The van der Waals surface area contributed by atoms with Gasteiger partial charge in [0.05, 0.1) is 0 Å². The fourth-order valence-electron chi connectivity index (χ4n) is 1.01. The quantitative estimate of drug-likeness (QED) is 0.588. The molecule has 0 spiro atoms. The van der Waals surface area contributed by atoms with Crippen molar-refractivity contribution in [2.24, 2.45) is 0 Å². The average molecular weight is 147 g/mol. The summed E-state index contributed by atoms with van der Waals surface area (Å²) in [5, 5.41) is 3.22. The average Bonchev–Trinajstić information content (AvgIpc) is 1.88. The van der Waals surface area contributed by atoms with Crippen LogP contribution in [-0.2, 0) is 0 Å². The lowest BCUT2D eigenvalue weighted by Gasteiger charge is -2.12. The van der Waals surface area contributed by atoms with E-state index in [0.717, 1.165) is 6.04 Å². The molecular formula is C7H18NP. The van der Waals surface area contributed by atoms with Gasteiger partial charge in [-0.3, -0.25) is 5.09 Å². The maximum absolute atomic E-state index is 3.22. The lowest BCUT2D eigenvalue weighted by Crippen LogP contribution is -2.18. The van der Waals surface area contributed by atoms with Crippen LogP contribution in [0.3, 0.4) is 0 Å². The number of nitrogens with one attached hydrogen (secondary N) is 1. The molecule has 0 radical (unpaired) electrons. The standard InChI is InChI=1S/C7H18NP/c1-3-5-7(8-9)6-4-2/h7-8H,3-6,9H2,1-2H3. The Hall–Kier alpha value is 0.390. The second kappa shape index (κ2) is 6.51. The van der Waals surface area contributed by atoms with Gasteiger partial charge in [-0.15, -0.1) is 0 Å². The van der Waals surface area contributed by atoms with E-state index in [1.54, 1.807) is 0 Å². The Bertz CT molecular complexity index is 50.9. The molecular weight excluding hydrogens is 129 g/mol. The predicted octanol–water partition coefficient (Wildman–Crippen LogP) is 2.33. The summed E-state index contributed by atoms with van der Waals surface area (Å²) in [5.74, 6) is 0. The molecule has 1 N–H and O–H groups in total. The molecule has 0 aromatic rings. The first kappa shape index (κ1) is 9.39. The molecule has 0 rings (SSSR count). The van der Waals surface area contributed by atoms with E-state index in [2.05, 4.69) is 28.3 Å². The molecule has 0 aliphatic heterocycles. The minimum Gasteiger partial charge on any atom is -0.298 e. The van der Waals surface area contributed by atoms with Crippen LogP contribution in [0.15, 0.2) is 0 Å². The van der Waals surface area contributed by atoms with Crippen molar-refractivity contribution >= 4 is 9.39 Å². The summed E-state index contributed by atoms with van der Waals surface area (Å²) in [6.07, 6.45) is 5.17. The number of hydrogen-bond donors (Lipinski definition) is 1. The summed E-state index contributed by atoms with van der Waals surface area (Å²) in [7, 11) is 2.59. The van der Waals surface area contributed by atoms with Crippen LogP contribution < -0.4 is 5.09 Å². The molecule has 1 unspecified atom stereocenters. The lowest BCUT2D eigenvalue weighted by atomic mass is 10.1. The van der Waals surface area contributed by atoms with Crippen molar-refractivity contribution in [3.05, 3.63) is 0 Å². The van der Waals surface area contributed by atoms with Gasteiger partial charge in [0.1, 0.15) is 0 Å². The third-order valence-corrected chi connectivity index (χ3v) is 1.98. The Labute approximate surface area is 60.9 Å². The van der Waals surface area contributed by atoms with Crippen molar-refractivity contribution in [2.45, 2.75) is 45.6 Å². The van der Waals surface area contributed by atoms with Gasteiger partial charge in [0.25, 0.3) is 0 Å². The molecule has 0 aromatic heterocycles. The highest BCUT2D eigenvalue weighted by Crippen LogP contribution is 2.04. The second-order valence-corrected chi connectivity index (χ2v) is 2.77. The van der Waals surface area contributed by atoms with Crippen molar-refractivity contribution in [2.75, 3.05) is 0 Å². The van der Waals surface area contributed by atoms with Crippen LogP contribution in [0.1, 0.15) is 39.5 Å². The highest BCUT2D eigenvalue weighted by molar-refractivity contribution is 7.13. The fourth-order valence-corrected chi connectivity index (χ4v) is 1.34. The van der Waals surface area contributed by atoms with Crippen LogP contribution in [0.4, 0.5) is 0 Å². The van der Waals surface area contributed by atoms with Crippen LogP contribution >= 0.6 is 9.39 Å². The summed E-state index contributed by atoms with van der Waals surface area (Å²) in [6, 6.07) is 0.727. The predicted molar refractivity (Wildman–Crippen MR) is 46.4 cm³/mol. The van der Waals surface area contributed by atoms with Gasteiger partial charge in [-0.1, -0.05) is 36.1 Å². The Kier molecular flexibility index (Phi) is 6.79. The van der Waals surface area contributed by atoms with Gasteiger partial charge in [-0.05, 0) is 12.8 Å². The van der Waals surface area contributed by atoms with E-state index in [-0.39, 0.29) is 0 Å². The van der Waals surface area contributed by atoms with Crippen LogP contribution in [0.2, 0.25) is 0 Å². The molecule has 9 heavy (non-hydrogen) atoms. The molecule has 0 aliphatic carbocycles. The normalized spacial score (nSPS) is 10.7. The summed E-state index contributed by atoms with van der Waals surface area (Å²) in [6.45, 7) is 4.45. The minimum atomic E-state index is 0.727. The zero-order valence-electron chi connectivity index (χ0n) is 6.48. The van der Waals surface area contributed by atoms with E-state index in [4.69, 9.17) is 0 Å². The van der Waals surface area contributed by atoms with Crippen molar-refractivity contribution in [3.8, 4) is 0 Å². The van der Waals surface area contributed by atoms with E-state index >= 15 is 0 Å². The van der Waals surface area contributed by atoms with Gasteiger partial charge in [0.15, 0.2) is 0 Å².